The second-order valence-electron chi connectivity index (χ2n) is 7.96. The standard InChI is InChI=1S/C20H24N4O5S/c25-20(24-9-1-2-17(24)19-21-18(22-29-19)14-3-4-14)15-5-7-16(8-6-15)30(26,27)23-10-12-28-13-11-23/h5-8,14,17H,1-4,9-13H2. The Morgan fingerprint density at radius 1 is 1.03 bits per heavy atom. The molecule has 1 aromatic carbocycles. The number of carbonyl (C=O) groups is 1. The van der Waals surface area contributed by atoms with Crippen LogP contribution in [0.4, 0.5) is 0 Å². The van der Waals surface area contributed by atoms with Gasteiger partial charge in [-0.05, 0) is 49.9 Å². The van der Waals surface area contributed by atoms with Crippen LogP contribution < -0.4 is 0 Å². The maximum absolute atomic E-state index is 13.1. The molecule has 9 nitrogen and oxygen atoms in total. The van der Waals surface area contributed by atoms with Crippen molar-refractivity contribution >= 4 is 15.9 Å². The fourth-order valence-corrected chi connectivity index (χ4v) is 5.44. The number of sulfonamides is 1. The third-order valence-corrected chi connectivity index (χ3v) is 7.82. The molecule has 3 fully saturated rings. The molecule has 1 saturated carbocycles. The molecular weight excluding hydrogens is 408 g/mol. The van der Waals surface area contributed by atoms with E-state index in [4.69, 9.17) is 9.26 Å². The number of nitrogens with zero attached hydrogens (tertiary/aromatic N) is 4. The van der Waals surface area contributed by atoms with Gasteiger partial charge in [0.15, 0.2) is 5.82 Å². The molecule has 3 aliphatic rings. The Morgan fingerprint density at radius 2 is 1.77 bits per heavy atom. The van der Waals surface area contributed by atoms with Gasteiger partial charge < -0.3 is 14.2 Å². The highest BCUT2D eigenvalue weighted by molar-refractivity contribution is 7.89. The van der Waals surface area contributed by atoms with Gasteiger partial charge in [-0.3, -0.25) is 4.79 Å². The molecule has 1 aliphatic carbocycles. The lowest BCUT2D eigenvalue weighted by Crippen LogP contribution is -2.40. The number of hydrogen-bond acceptors (Lipinski definition) is 7. The van der Waals surface area contributed by atoms with E-state index < -0.39 is 10.0 Å². The van der Waals surface area contributed by atoms with Gasteiger partial charge in [-0.1, -0.05) is 5.16 Å². The van der Waals surface area contributed by atoms with Crippen molar-refractivity contribution in [2.75, 3.05) is 32.8 Å². The predicted octanol–water partition coefficient (Wildman–Crippen LogP) is 1.95. The van der Waals surface area contributed by atoms with Crippen molar-refractivity contribution < 1.29 is 22.5 Å². The van der Waals surface area contributed by atoms with E-state index in [1.54, 1.807) is 17.0 Å². The molecule has 1 aromatic heterocycles. The Balaban J connectivity index is 1.32. The Hall–Kier alpha value is -2.30. The van der Waals surface area contributed by atoms with E-state index >= 15 is 0 Å². The Morgan fingerprint density at radius 3 is 2.47 bits per heavy atom. The number of benzene rings is 1. The fraction of sp³-hybridized carbons (Fsp3) is 0.550. The summed E-state index contributed by atoms with van der Waals surface area (Å²) in [6.45, 7) is 2.07. The van der Waals surface area contributed by atoms with E-state index in [0.717, 1.165) is 31.5 Å². The molecule has 10 heteroatoms. The molecule has 0 bridgehead atoms. The molecule has 1 atom stereocenters. The zero-order chi connectivity index (χ0) is 20.7. The smallest absolute Gasteiger partial charge is 0.254 e. The maximum Gasteiger partial charge on any atom is 0.254 e. The SMILES string of the molecule is O=C(c1ccc(S(=O)(=O)N2CCOCC2)cc1)N1CCCC1c1nc(C2CC2)no1. The number of likely N-dealkylation sites (tertiary alicyclic amines) is 1. The minimum atomic E-state index is -3.58. The van der Waals surface area contributed by atoms with Gasteiger partial charge in [-0.2, -0.15) is 9.29 Å². The quantitative estimate of drug-likeness (QED) is 0.711. The number of morpholine rings is 1. The van der Waals surface area contributed by atoms with E-state index in [-0.39, 0.29) is 16.8 Å². The van der Waals surface area contributed by atoms with Gasteiger partial charge in [0, 0.05) is 31.1 Å². The summed E-state index contributed by atoms with van der Waals surface area (Å²) in [6, 6.07) is 5.93. The van der Waals surface area contributed by atoms with Crippen LogP contribution in [0.2, 0.25) is 0 Å². The molecule has 0 N–H and O–H groups in total. The van der Waals surface area contributed by atoms with Crippen molar-refractivity contribution in [3.8, 4) is 0 Å². The van der Waals surface area contributed by atoms with Crippen LogP contribution in [0, 0.1) is 0 Å². The number of carbonyl (C=O) groups excluding carboxylic acids is 1. The van der Waals surface area contributed by atoms with Gasteiger partial charge in [0.05, 0.1) is 18.1 Å². The number of rotatable bonds is 5. The number of amides is 1. The number of hydrogen-bond donors (Lipinski definition) is 0. The molecule has 2 aromatic rings. The predicted molar refractivity (Wildman–Crippen MR) is 105 cm³/mol. The van der Waals surface area contributed by atoms with Gasteiger partial charge in [0.25, 0.3) is 5.91 Å². The highest BCUT2D eigenvalue weighted by Crippen LogP contribution is 2.40. The van der Waals surface area contributed by atoms with E-state index in [1.807, 2.05) is 0 Å². The first-order chi connectivity index (χ1) is 14.5. The first kappa shape index (κ1) is 19.7. The van der Waals surface area contributed by atoms with Crippen molar-refractivity contribution in [3.63, 3.8) is 0 Å². The molecule has 5 rings (SSSR count). The summed E-state index contributed by atoms with van der Waals surface area (Å²) in [5.74, 6) is 1.48. The third kappa shape index (κ3) is 3.63. The molecule has 3 heterocycles. The molecule has 1 amide bonds. The van der Waals surface area contributed by atoms with Gasteiger partial charge in [0.1, 0.15) is 6.04 Å². The summed E-state index contributed by atoms with van der Waals surface area (Å²) in [6.07, 6.45) is 3.82. The molecular formula is C20H24N4O5S. The van der Waals surface area contributed by atoms with Crippen molar-refractivity contribution in [1.82, 2.24) is 19.3 Å². The summed E-state index contributed by atoms with van der Waals surface area (Å²) < 4.78 is 37.6. The van der Waals surface area contributed by atoms with Crippen LogP contribution in [-0.2, 0) is 14.8 Å². The summed E-state index contributed by atoms with van der Waals surface area (Å²) in [5, 5.41) is 4.07. The maximum atomic E-state index is 13.1. The lowest BCUT2D eigenvalue weighted by Gasteiger charge is -2.26. The van der Waals surface area contributed by atoms with Crippen LogP contribution in [0.15, 0.2) is 33.7 Å². The number of aromatic nitrogens is 2. The van der Waals surface area contributed by atoms with Gasteiger partial charge in [-0.25, -0.2) is 8.42 Å². The van der Waals surface area contributed by atoms with Crippen molar-refractivity contribution in [2.24, 2.45) is 0 Å². The summed E-state index contributed by atoms with van der Waals surface area (Å²) >= 11 is 0. The molecule has 1 unspecified atom stereocenters. The Bertz CT molecular complexity index is 1030. The van der Waals surface area contributed by atoms with Gasteiger partial charge >= 0.3 is 0 Å². The summed E-state index contributed by atoms with van der Waals surface area (Å²) in [5.41, 5.74) is 0.449. The van der Waals surface area contributed by atoms with E-state index in [1.165, 1.54) is 16.4 Å². The van der Waals surface area contributed by atoms with Crippen molar-refractivity contribution in [1.29, 1.82) is 0 Å². The third-order valence-electron chi connectivity index (χ3n) is 5.91. The monoisotopic (exact) mass is 432 g/mol. The summed E-state index contributed by atoms with van der Waals surface area (Å²) in [7, 11) is -3.58. The fourth-order valence-electron chi connectivity index (χ4n) is 4.03. The topological polar surface area (TPSA) is 106 Å². The lowest BCUT2D eigenvalue weighted by atomic mass is 10.1. The van der Waals surface area contributed by atoms with Gasteiger partial charge in [0.2, 0.25) is 15.9 Å². The van der Waals surface area contributed by atoms with Crippen molar-refractivity contribution in [2.45, 2.75) is 42.5 Å². The second-order valence-corrected chi connectivity index (χ2v) is 9.90. The minimum absolute atomic E-state index is 0.154. The molecule has 2 saturated heterocycles. The number of ether oxygens (including phenoxy) is 1. The van der Waals surface area contributed by atoms with Crippen LogP contribution in [0.1, 0.15) is 59.7 Å². The zero-order valence-electron chi connectivity index (χ0n) is 16.6. The molecule has 0 radical (unpaired) electrons. The first-order valence-corrected chi connectivity index (χ1v) is 11.8. The highest BCUT2D eigenvalue weighted by Gasteiger charge is 2.37. The van der Waals surface area contributed by atoms with E-state index in [0.29, 0.717) is 50.2 Å². The van der Waals surface area contributed by atoms with Crippen LogP contribution in [-0.4, -0.2) is 66.5 Å². The first-order valence-electron chi connectivity index (χ1n) is 10.4. The van der Waals surface area contributed by atoms with Crippen molar-refractivity contribution in [3.05, 3.63) is 41.5 Å². The molecule has 160 valence electrons. The second kappa shape index (κ2) is 7.75. The Labute approximate surface area is 175 Å². The molecule has 2 aliphatic heterocycles. The minimum Gasteiger partial charge on any atom is -0.379 e. The van der Waals surface area contributed by atoms with E-state index in [2.05, 4.69) is 10.1 Å². The van der Waals surface area contributed by atoms with Crippen LogP contribution in [0.5, 0.6) is 0 Å². The Kier molecular flexibility index (Phi) is 5.08. The average Bonchev–Trinajstić information content (AvgIpc) is 3.31. The normalized spacial score (nSPS) is 23.1. The highest BCUT2D eigenvalue weighted by atomic mass is 32.2. The molecule has 30 heavy (non-hydrogen) atoms. The zero-order valence-corrected chi connectivity index (χ0v) is 17.4. The van der Waals surface area contributed by atoms with Crippen LogP contribution >= 0.6 is 0 Å². The van der Waals surface area contributed by atoms with E-state index in [9.17, 15) is 13.2 Å². The van der Waals surface area contributed by atoms with Gasteiger partial charge in [-0.15, -0.1) is 0 Å². The summed E-state index contributed by atoms with van der Waals surface area (Å²) in [4.78, 5) is 19.5. The molecule has 0 spiro atoms. The average molecular weight is 433 g/mol. The largest absolute Gasteiger partial charge is 0.379 e. The van der Waals surface area contributed by atoms with Crippen LogP contribution in [0.25, 0.3) is 0 Å². The lowest BCUT2D eigenvalue weighted by molar-refractivity contribution is 0.0710. The van der Waals surface area contributed by atoms with Crippen LogP contribution in [0.3, 0.4) is 0 Å².